The third-order valence-corrected chi connectivity index (χ3v) is 4.12. The lowest BCUT2D eigenvalue weighted by atomic mass is 10.2. The molecule has 0 spiro atoms. The van der Waals surface area contributed by atoms with Crippen molar-refractivity contribution in [3.05, 3.63) is 33.6 Å². The topological polar surface area (TPSA) is 51.0 Å². The molecule has 1 heterocycles. The van der Waals surface area contributed by atoms with Gasteiger partial charge in [-0.05, 0) is 54.0 Å². The SMILES string of the molecule is CCCNCCCc1nnc(-c2cccc(Br)c2Cl)o1. The van der Waals surface area contributed by atoms with Crippen molar-refractivity contribution in [3.8, 4) is 11.5 Å². The van der Waals surface area contributed by atoms with Crippen LogP contribution >= 0.6 is 27.5 Å². The molecular formula is C14H17BrClN3O. The minimum Gasteiger partial charge on any atom is -0.421 e. The van der Waals surface area contributed by atoms with E-state index in [1.807, 2.05) is 18.2 Å². The van der Waals surface area contributed by atoms with E-state index in [9.17, 15) is 0 Å². The number of nitrogens with zero attached hydrogens (tertiary/aromatic N) is 2. The summed E-state index contributed by atoms with van der Waals surface area (Å²) in [5, 5.41) is 12.1. The van der Waals surface area contributed by atoms with Gasteiger partial charge in [-0.3, -0.25) is 0 Å². The van der Waals surface area contributed by atoms with E-state index in [1.54, 1.807) is 0 Å². The van der Waals surface area contributed by atoms with Gasteiger partial charge in [0, 0.05) is 10.9 Å². The summed E-state index contributed by atoms with van der Waals surface area (Å²) in [5.74, 6) is 1.11. The van der Waals surface area contributed by atoms with E-state index in [1.165, 1.54) is 0 Å². The van der Waals surface area contributed by atoms with Crippen molar-refractivity contribution in [1.29, 1.82) is 0 Å². The van der Waals surface area contributed by atoms with Gasteiger partial charge in [0.1, 0.15) is 0 Å². The van der Waals surface area contributed by atoms with Crippen molar-refractivity contribution >= 4 is 27.5 Å². The minimum atomic E-state index is 0.466. The van der Waals surface area contributed by atoms with Crippen LogP contribution in [0.25, 0.3) is 11.5 Å². The zero-order valence-electron chi connectivity index (χ0n) is 11.3. The van der Waals surface area contributed by atoms with E-state index in [4.69, 9.17) is 16.0 Å². The maximum Gasteiger partial charge on any atom is 0.249 e. The average molecular weight is 359 g/mol. The Morgan fingerprint density at radius 2 is 2.15 bits per heavy atom. The molecule has 1 N–H and O–H groups in total. The monoisotopic (exact) mass is 357 g/mol. The molecule has 0 radical (unpaired) electrons. The summed E-state index contributed by atoms with van der Waals surface area (Å²) in [5.41, 5.74) is 0.754. The molecule has 0 aliphatic heterocycles. The molecule has 0 saturated carbocycles. The van der Waals surface area contributed by atoms with Crippen molar-refractivity contribution in [2.75, 3.05) is 13.1 Å². The van der Waals surface area contributed by atoms with Crippen LogP contribution in [0.15, 0.2) is 27.1 Å². The van der Waals surface area contributed by atoms with Crippen molar-refractivity contribution in [2.45, 2.75) is 26.2 Å². The number of nitrogens with one attached hydrogen (secondary N) is 1. The minimum absolute atomic E-state index is 0.466. The zero-order chi connectivity index (χ0) is 14.4. The number of hydrogen-bond acceptors (Lipinski definition) is 4. The maximum absolute atomic E-state index is 6.21. The highest BCUT2D eigenvalue weighted by atomic mass is 79.9. The second-order valence-electron chi connectivity index (χ2n) is 4.46. The van der Waals surface area contributed by atoms with Crippen LogP contribution in [0.5, 0.6) is 0 Å². The summed E-state index contributed by atoms with van der Waals surface area (Å²) in [6.07, 6.45) is 2.90. The van der Waals surface area contributed by atoms with E-state index >= 15 is 0 Å². The Morgan fingerprint density at radius 3 is 2.95 bits per heavy atom. The standard InChI is InChI=1S/C14H17BrClN3O/c1-2-8-17-9-4-7-12-18-19-14(20-12)10-5-3-6-11(15)13(10)16/h3,5-6,17H,2,4,7-9H2,1H3. The molecule has 2 aromatic rings. The molecule has 0 bridgehead atoms. The molecule has 0 aliphatic rings. The lowest BCUT2D eigenvalue weighted by Crippen LogP contribution is -2.16. The molecule has 0 saturated heterocycles. The number of aromatic nitrogens is 2. The fourth-order valence-electron chi connectivity index (χ4n) is 1.80. The number of hydrogen-bond donors (Lipinski definition) is 1. The summed E-state index contributed by atoms with van der Waals surface area (Å²) >= 11 is 9.60. The van der Waals surface area contributed by atoms with Crippen molar-refractivity contribution in [3.63, 3.8) is 0 Å². The Kier molecular flexibility index (Phi) is 6.01. The largest absolute Gasteiger partial charge is 0.421 e. The Bertz CT molecular complexity index is 559. The number of aryl methyl sites for hydroxylation is 1. The molecule has 20 heavy (non-hydrogen) atoms. The Balaban J connectivity index is 1.97. The molecule has 0 amide bonds. The van der Waals surface area contributed by atoms with Crippen LogP contribution in [0.3, 0.4) is 0 Å². The van der Waals surface area contributed by atoms with Gasteiger partial charge in [0.25, 0.3) is 0 Å². The maximum atomic E-state index is 6.21. The fraction of sp³-hybridized carbons (Fsp3) is 0.429. The highest BCUT2D eigenvalue weighted by Gasteiger charge is 2.13. The molecule has 1 aromatic carbocycles. The van der Waals surface area contributed by atoms with Crippen LogP contribution in [0.2, 0.25) is 5.02 Å². The Morgan fingerprint density at radius 1 is 1.30 bits per heavy atom. The van der Waals surface area contributed by atoms with Gasteiger partial charge in [-0.1, -0.05) is 24.6 Å². The van der Waals surface area contributed by atoms with E-state index in [0.29, 0.717) is 16.8 Å². The molecule has 108 valence electrons. The second-order valence-corrected chi connectivity index (χ2v) is 5.69. The van der Waals surface area contributed by atoms with Gasteiger partial charge in [-0.25, -0.2) is 0 Å². The first-order valence-corrected chi connectivity index (χ1v) is 7.87. The fourth-order valence-corrected chi connectivity index (χ4v) is 2.37. The number of halogens is 2. The zero-order valence-corrected chi connectivity index (χ0v) is 13.7. The lowest BCUT2D eigenvalue weighted by Gasteiger charge is -2.01. The highest BCUT2D eigenvalue weighted by Crippen LogP contribution is 2.32. The molecule has 0 atom stereocenters. The van der Waals surface area contributed by atoms with Gasteiger partial charge in [-0.15, -0.1) is 10.2 Å². The van der Waals surface area contributed by atoms with Crippen LogP contribution in [0.1, 0.15) is 25.7 Å². The lowest BCUT2D eigenvalue weighted by molar-refractivity contribution is 0.491. The van der Waals surface area contributed by atoms with Gasteiger partial charge in [0.05, 0.1) is 10.6 Å². The Labute approximate surface area is 132 Å². The normalized spacial score (nSPS) is 10.9. The second kappa shape index (κ2) is 7.76. The first-order valence-electron chi connectivity index (χ1n) is 6.70. The van der Waals surface area contributed by atoms with Crippen LogP contribution in [-0.2, 0) is 6.42 Å². The predicted octanol–water partition coefficient (Wildman–Crippen LogP) is 4.08. The number of benzene rings is 1. The quantitative estimate of drug-likeness (QED) is 0.758. The van der Waals surface area contributed by atoms with E-state index in [-0.39, 0.29) is 0 Å². The van der Waals surface area contributed by atoms with Crippen LogP contribution < -0.4 is 5.32 Å². The average Bonchev–Trinajstić information content (AvgIpc) is 2.90. The van der Waals surface area contributed by atoms with Crippen molar-refractivity contribution in [1.82, 2.24) is 15.5 Å². The molecule has 1 aromatic heterocycles. The first kappa shape index (κ1) is 15.5. The molecular weight excluding hydrogens is 342 g/mol. The Hall–Kier alpha value is -0.910. The van der Waals surface area contributed by atoms with Gasteiger partial charge >= 0.3 is 0 Å². The van der Waals surface area contributed by atoms with E-state index < -0.39 is 0 Å². The third-order valence-electron chi connectivity index (χ3n) is 2.82. The van der Waals surface area contributed by atoms with E-state index in [0.717, 1.165) is 42.4 Å². The first-order chi connectivity index (χ1) is 9.72. The molecule has 6 heteroatoms. The van der Waals surface area contributed by atoms with Crippen molar-refractivity contribution in [2.24, 2.45) is 0 Å². The van der Waals surface area contributed by atoms with Gasteiger partial charge in [0.2, 0.25) is 11.8 Å². The van der Waals surface area contributed by atoms with Gasteiger partial charge in [0.15, 0.2) is 0 Å². The summed E-state index contributed by atoms with van der Waals surface area (Å²) in [7, 11) is 0. The predicted molar refractivity (Wildman–Crippen MR) is 83.9 cm³/mol. The van der Waals surface area contributed by atoms with E-state index in [2.05, 4.69) is 38.4 Å². The molecule has 0 fully saturated rings. The van der Waals surface area contributed by atoms with Gasteiger partial charge in [-0.2, -0.15) is 0 Å². The molecule has 4 nitrogen and oxygen atoms in total. The van der Waals surface area contributed by atoms with Crippen molar-refractivity contribution < 1.29 is 4.42 Å². The molecule has 0 aliphatic carbocycles. The summed E-state index contributed by atoms with van der Waals surface area (Å²) in [6, 6.07) is 5.64. The third kappa shape index (κ3) is 4.04. The number of rotatable bonds is 7. The smallest absolute Gasteiger partial charge is 0.249 e. The van der Waals surface area contributed by atoms with Gasteiger partial charge < -0.3 is 9.73 Å². The summed E-state index contributed by atoms with van der Waals surface area (Å²) < 4.78 is 6.48. The molecule has 2 rings (SSSR count). The van der Waals surface area contributed by atoms with Crippen LogP contribution in [0, 0.1) is 0 Å². The summed E-state index contributed by atoms with van der Waals surface area (Å²) in [4.78, 5) is 0. The van der Waals surface area contributed by atoms with Crippen LogP contribution in [0.4, 0.5) is 0 Å². The summed E-state index contributed by atoms with van der Waals surface area (Å²) in [6.45, 7) is 4.16. The molecule has 0 unspecified atom stereocenters. The highest BCUT2D eigenvalue weighted by molar-refractivity contribution is 9.10. The van der Waals surface area contributed by atoms with Crippen LogP contribution in [-0.4, -0.2) is 23.3 Å².